The Labute approximate surface area is 63.7 Å². The van der Waals surface area contributed by atoms with Crippen molar-refractivity contribution in [1.82, 2.24) is 4.90 Å². The molecule has 0 radical (unpaired) electrons. The van der Waals surface area contributed by atoms with Crippen LogP contribution in [0.5, 0.6) is 0 Å². The molecule has 1 nitrogen and oxygen atoms in total. The van der Waals surface area contributed by atoms with Gasteiger partial charge in [-0.15, -0.1) is 0 Å². The summed E-state index contributed by atoms with van der Waals surface area (Å²) in [6.45, 7) is 6.85. The lowest BCUT2D eigenvalue weighted by atomic mass is 10.2. The largest absolute Gasteiger partial charge is 0.297 e. The second kappa shape index (κ2) is 3.77. The predicted molar refractivity (Wildman–Crippen MR) is 45.1 cm³/mol. The monoisotopic (exact) mass is 139 g/mol. The Hall–Kier alpha value is -0.300. The smallest absolute Gasteiger partial charge is 0.0165 e. The third-order valence-corrected chi connectivity index (χ3v) is 2.27. The summed E-state index contributed by atoms with van der Waals surface area (Å²) in [5, 5.41) is 0. The maximum absolute atomic E-state index is 2.53. The van der Waals surface area contributed by atoms with Crippen molar-refractivity contribution >= 4 is 0 Å². The third-order valence-electron chi connectivity index (χ3n) is 2.27. The summed E-state index contributed by atoms with van der Waals surface area (Å²) in [7, 11) is 0. The normalized spacial score (nSPS) is 28.4. The van der Waals surface area contributed by atoms with Crippen LogP contribution >= 0.6 is 0 Å². The van der Waals surface area contributed by atoms with E-state index in [-0.39, 0.29) is 0 Å². The number of nitrogens with zero attached hydrogens (tertiary/aromatic N) is 1. The van der Waals surface area contributed by atoms with E-state index in [9.17, 15) is 0 Å². The van der Waals surface area contributed by atoms with E-state index in [0.29, 0.717) is 0 Å². The Morgan fingerprint density at radius 3 is 2.90 bits per heavy atom. The zero-order valence-electron chi connectivity index (χ0n) is 7.01. The van der Waals surface area contributed by atoms with Crippen LogP contribution in [-0.2, 0) is 0 Å². The highest BCUT2D eigenvalue weighted by atomic mass is 15.2. The fourth-order valence-electron chi connectivity index (χ4n) is 1.50. The minimum Gasteiger partial charge on any atom is -0.297 e. The van der Waals surface area contributed by atoms with Crippen molar-refractivity contribution in [3.05, 3.63) is 12.2 Å². The standard InChI is InChI=1S/C9H17N/c1-3-4-7-10-8-5-6-9(10)2/h3-4,9H,5-8H2,1-2H3/b4-3-/t9-/m0/s1. The molecule has 0 spiro atoms. The lowest BCUT2D eigenvalue weighted by Gasteiger charge is -2.18. The van der Waals surface area contributed by atoms with Crippen molar-refractivity contribution in [2.24, 2.45) is 0 Å². The highest BCUT2D eigenvalue weighted by Crippen LogP contribution is 2.15. The molecule has 0 aliphatic carbocycles. The molecule has 1 fully saturated rings. The van der Waals surface area contributed by atoms with E-state index in [2.05, 4.69) is 30.9 Å². The van der Waals surface area contributed by atoms with Gasteiger partial charge in [0.1, 0.15) is 0 Å². The van der Waals surface area contributed by atoms with Gasteiger partial charge in [-0.3, -0.25) is 4.90 Å². The van der Waals surface area contributed by atoms with Gasteiger partial charge in [-0.2, -0.15) is 0 Å². The first-order valence-corrected chi connectivity index (χ1v) is 4.20. The minimum atomic E-state index is 0.816. The van der Waals surface area contributed by atoms with Gasteiger partial charge in [-0.25, -0.2) is 0 Å². The molecular weight excluding hydrogens is 122 g/mol. The van der Waals surface area contributed by atoms with Crippen LogP contribution in [-0.4, -0.2) is 24.0 Å². The number of allylic oxidation sites excluding steroid dienone is 1. The molecule has 0 bridgehead atoms. The minimum absolute atomic E-state index is 0.816. The van der Waals surface area contributed by atoms with Crippen LogP contribution in [0.2, 0.25) is 0 Å². The second-order valence-corrected chi connectivity index (χ2v) is 3.06. The van der Waals surface area contributed by atoms with Crippen LogP contribution in [0.1, 0.15) is 26.7 Å². The number of hydrogen-bond acceptors (Lipinski definition) is 1. The number of likely N-dealkylation sites (tertiary alicyclic amines) is 1. The van der Waals surface area contributed by atoms with Gasteiger partial charge in [0.05, 0.1) is 0 Å². The number of rotatable bonds is 2. The lowest BCUT2D eigenvalue weighted by molar-refractivity contribution is 0.298. The van der Waals surface area contributed by atoms with Crippen molar-refractivity contribution < 1.29 is 0 Å². The van der Waals surface area contributed by atoms with E-state index in [1.807, 2.05) is 0 Å². The van der Waals surface area contributed by atoms with Crippen LogP contribution in [0.15, 0.2) is 12.2 Å². The molecular formula is C9H17N. The molecule has 0 N–H and O–H groups in total. The average Bonchev–Trinajstić information content (AvgIpc) is 2.31. The summed E-state index contributed by atoms with van der Waals surface area (Å²) in [4.78, 5) is 2.53. The van der Waals surface area contributed by atoms with Crippen LogP contribution in [0.3, 0.4) is 0 Å². The molecule has 1 heteroatoms. The molecule has 0 saturated carbocycles. The van der Waals surface area contributed by atoms with E-state index >= 15 is 0 Å². The summed E-state index contributed by atoms with van der Waals surface area (Å²) in [5.74, 6) is 0. The first-order valence-electron chi connectivity index (χ1n) is 4.20. The summed E-state index contributed by atoms with van der Waals surface area (Å²) in [6.07, 6.45) is 7.14. The van der Waals surface area contributed by atoms with Gasteiger partial charge in [0.15, 0.2) is 0 Å². The average molecular weight is 139 g/mol. The molecule has 0 aromatic rings. The third kappa shape index (κ3) is 1.84. The van der Waals surface area contributed by atoms with Gasteiger partial charge in [0.2, 0.25) is 0 Å². The predicted octanol–water partition coefficient (Wildman–Crippen LogP) is 2.05. The van der Waals surface area contributed by atoms with Crippen molar-refractivity contribution in [2.45, 2.75) is 32.7 Å². The topological polar surface area (TPSA) is 3.24 Å². The van der Waals surface area contributed by atoms with Gasteiger partial charge >= 0.3 is 0 Å². The van der Waals surface area contributed by atoms with Crippen LogP contribution in [0.25, 0.3) is 0 Å². The molecule has 1 saturated heterocycles. The van der Waals surface area contributed by atoms with Crippen molar-refractivity contribution in [3.8, 4) is 0 Å². The highest BCUT2D eigenvalue weighted by molar-refractivity contribution is 4.85. The molecule has 58 valence electrons. The van der Waals surface area contributed by atoms with Crippen molar-refractivity contribution in [1.29, 1.82) is 0 Å². The van der Waals surface area contributed by atoms with E-state index < -0.39 is 0 Å². The van der Waals surface area contributed by atoms with Gasteiger partial charge in [0.25, 0.3) is 0 Å². The Balaban J connectivity index is 2.26. The first-order chi connectivity index (χ1) is 4.84. The van der Waals surface area contributed by atoms with E-state index in [4.69, 9.17) is 0 Å². The van der Waals surface area contributed by atoms with Crippen molar-refractivity contribution in [2.75, 3.05) is 13.1 Å². The van der Waals surface area contributed by atoms with Gasteiger partial charge in [-0.05, 0) is 33.2 Å². The quantitative estimate of drug-likeness (QED) is 0.529. The highest BCUT2D eigenvalue weighted by Gasteiger charge is 2.17. The number of hydrogen-bond donors (Lipinski definition) is 0. The Kier molecular flexibility index (Phi) is 2.94. The Bertz CT molecular complexity index is 118. The van der Waals surface area contributed by atoms with E-state index in [1.54, 1.807) is 0 Å². The zero-order valence-corrected chi connectivity index (χ0v) is 7.01. The molecule has 0 amide bonds. The van der Waals surface area contributed by atoms with Crippen LogP contribution < -0.4 is 0 Å². The molecule has 1 rings (SSSR count). The molecule has 1 aliphatic heterocycles. The molecule has 10 heavy (non-hydrogen) atoms. The van der Waals surface area contributed by atoms with Gasteiger partial charge < -0.3 is 0 Å². The SMILES string of the molecule is C/C=C\CN1CCC[C@@H]1C. The Morgan fingerprint density at radius 1 is 1.60 bits per heavy atom. The fourth-order valence-corrected chi connectivity index (χ4v) is 1.50. The molecule has 1 heterocycles. The van der Waals surface area contributed by atoms with Gasteiger partial charge in [-0.1, -0.05) is 12.2 Å². The zero-order chi connectivity index (χ0) is 7.40. The second-order valence-electron chi connectivity index (χ2n) is 3.06. The summed E-state index contributed by atoms with van der Waals surface area (Å²) < 4.78 is 0. The first kappa shape index (κ1) is 7.80. The molecule has 1 atom stereocenters. The maximum Gasteiger partial charge on any atom is 0.0165 e. The lowest BCUT2D eigenvalue weighted by Crippen LogP contribution is -2.26. The summed E-state index contributed by atoms with van der Waals surface area (Å²) in [5.41, 5.74) is 0. The molecule has 0 unspecified atom stereocenters. The summed E-state index contributed by atoms with van der Waals surface area (Å²) >= 11 is 0. The van der Waals surface area contributed by atoms with Crippen molar-refractivity contribution in [3.63, 3.8) is 0 Å². The summed E-state index contributed by atoms with van der Waals surface area (Å²) in [6, 6.07) is 0.816. The van der Waals surface area contributed by atoms with E-state index in [1.165, 1.54) is 19.4 Å². The fraction of sp³-hybridized carbons (Fsp3) is 0.778. The van der Waals surface area contributed by atoms with Gasteiger partial charge in [0, 0.05) is 12.6 Å². The van der Waals surface area contributed by atoms with E-state index in [0.717, 1.165) is 12.6 Å². The molecule has 1 aliphatic rings. The van der Waals surface area contributed by atoms with Crippen LogP contribution in [0, 0.1) is 0 Å². The Morgan fingerprint density at radius 2 is 2.40 bits per heavy atom. The maximum atomic E-state index is 2.53. The molecule has 0 aromatic heterocycles. The molecule has 0 aromatic carbocycles. The van der Waals surface area contributed by atoms with Crippen LogP contribution in [0.4, 0.5) is 0 Å².